The van der Waals surface area contributed by atoms with Crippen molar-refractivity contribution >= 4 is 41.0 Å². The molecule has 3 aromatic rings. The molecule has 0 radical (unpaired) electrons. The van der Waals surface area contributed by atoms with Gasteiger partial charge in [0.05, 0.1) is 29.0 Å². The summed E-state index contributed by atoms with van der Waals surface area (Å²) in [5, 5.41) is 7.67. The molecule has 0 aliphatic heterocycles. The van der Waals surface area contributed by atoms with Gasteiger partial charge in [0.1, 0.15) is 0 Å². The quantitative estimate of drug-likeness (QED) is 0.335. The van der Waals surface area contributed by atoms with E-state index in [-0.39, 0.29) is 12.2 Å². The lowest BCUT2D eigenvalue weighted by atomic mass is 10.2. The van der Waals surface area contributed by atoms with Crippen LogP contribution < -0.4 is 10.7 Å². The topological polar surface area (TPSA) is 58.4 Å². The van der Waals surface area contributed by atoms with Crippen molar-refractivity contribution in [3.05, 3.63) is 81.1 Å². The van der Waals surface area contributed by atoms with Gasteiger partial charge in [-0.2, -0.15) is 18.3 Å². The molecule has 2 aromatic carbocycles. The summed E-state index contributed by atoms with van der Waals surface area (Å²) in [5.74, 6) is -0.509. The second-order valence-electron chi connectivity index (χ2n) is 6.98. The van der Waals surface area contributed by atoms with Crippen LogP contribution in [0.1, 0.15) is 22.5 Å². The van der Waals surface area contributed by atoms with Crippen LogP contribution in [0.5, 0.6) is 0 Å². The molecule has 5 nitrogen and oxygen atoms in total. The van der Waals surface area contributed by atoms with E-state index in [1.54, 1.807) is 18.2 Å². The van der Waals surface area contributed by atoms with E-state index in [4.69, 9.17) is 23.2 Å². The number of hydrazone groups is 1. The van der Waals surface area contributed by atoms with Gasteiger partial charge in [-0.05, 0) is 56.3 Å². The van der Waals surface area contributed by atoms with Crippen LogP contribution in [0.15, 0.2) is 53.6 Å². The number of amides is 1. The molecule has 2 N–H and O–H groups in total. The van der Waals surface area contributed by atoms with Crippen LogP contribution >= 0.6 is 23.2 Å². The van der Waals surface area contributed by atoms with Crippen LogP contribution in [0.25, 0.3) is 5.69 Å². The van der Waals surface area contributed by atoms with Gasteiger partial charge in [-0.15, -0.1) is 0 Å². The van der Waals surface area contributed by atoms with Gasteiger partial charge < -0.3 is 9.88 Å². The van der Waals surface area contributed by atoms with Gasteiger partial charge in [0, 0.05) is 27.7 Å². The Bertz CT molecular complexity index is 1170. The van der Waals surface area contributed by atoms with Gasteiger partial charge >= 0.3 is 6.18 Å². The van der Waals surface area contributed by atoms with Gasteiger partial charge in [0.2, 0.25) is 0 Å². The summed E-state index contributed by atoms with van der Waals surface area (Å²) in [4.78, 5) is 12.0. The summed E-state index contributed by atoms with van der Waals surface area (Å²) in [6, 6.07) is 11.7. The summed E-state index contributed by atoms with van der Waals surface area (Å²) in [6.07, 6.45) is -2.97. The molecule has 0 saturated carbocycles. The molecule has 0 bridgehead atoms. The summed E-state index contributed by atoms with van der Waals surface area (Å²) < 4.78 is 40.2. The molecule has 1 heterocycles. The van der Waals surface area contributed by atoms with Crippen molar-refractivity contribution in [1.82, 2.24) is 9.99 Å². The highest BCUT2D eigenvalue weighted by Crippen LogP contribution is 2.31. The number of halogens is 5. The highest BCUT2D eigenvalue weighted by Gasteiger charge is 2.30. The van der Waals surface area contributed by atoms with E-state index < -0.39 is 17.6 Å². The van der Waals surface area contributed by atoms with E-state index in [1.165, 1.54) is 18.3 Å². The Morgan fingerprint density at radius 3 is 2.59 bits per heavy atom. The number of nitrogens with zero attached hydrogens (tertiary/aromatic N) is 2. The molecule has 32 heavy (non-hydrogen) atoms. The lowest BCUT2D eigenvalue weighted by Crippen LogP contribution is -2.26. The Hall–Kier alpha value is -2.97. The first-order chi connectivity index (χ1) is 15.1. The van der Waals surface area contributed by atoms with Crippen molar-refractivity contribution in [2.75, 3.05) is 11.9 Å². The Kier molecular flexibility index (Phi) is 7.16. The van der Waals surface area contributed by atoms with Gasteiger partial charge in [-0.25, -0.2) is 5.43 Å². The van der Waals surface area contributed by atoms with Crippen LogP contribution in [0.2, 0.25) is 10.0 Å². The Morgan fingerprint density at radius 1 is 1.12 bits per heavy atom. The smallest absolute Gasteiger partial charge is 0.376 e. The summed E-state index contributed by atoms with van der Waals surface area (Å²) in [5.41, 5.74) is 4.95. The second-order valence-corrected chi connectivity index (χ2v) is 7.83. The first kappa shape index (κ1) is 23.7. The standard InChI is InChI=1S/C22H19Cl2F3N4O/c1-13-8-15(14(2)31(13)20-10-17(23)6-7-19(20)24)11-29-30-21(32)12-28-18-5-3-4-16(9-18)22(25,26)27/h3-11,28H,12H2,1-2H3,(H,30,32)/b29-11-. The van der Waals surface area contributed by atoms with Crippen molar-refractivity contribution in [3.63, 3.8) is 0 Å². The molecule has 168 valence electrons. The Morgan fingerprint density at radius 2 is 1.88 bits per heavy atom. The first-order valence-electron chi connectivity index (χ1n) is 9.43. The second kappa shape index (κ2) is 9.67. The molecule has 0 saturated heterocycles. The number of carbonyl (C=O) groups is 1. The molecule has 10 heteroatoms. The van der Waals surface area contributed by atoms with Gasteiger partial charge in [0.25, 0.3) is 5.91 Å². The molecule has 3 rings (SSSR count). The fourth-order valence-corrected chi connectivity index (χ4v) is 3.52. The molecule has 0 spiro atoms. The highest BCUT2D eigenvalue weighted by molar-refractivity contribution is 6.34. The number of hydrogen-bond donors (Lipinski definition) is 2. The number of aryl methyl sites for hydroxylation is 1. The van der Waals surface area contributed by atoms with Crippen molar-refractivity contribution in [2.45, 2.75) is 20.0 Å². The van der Waals surface area contributed by atoms with Crippen LogP contribution in [0.3, 0.4) is 0 Å². The molecule has 0 fully saturated rings. The van der Waals surface area contributed by atoms with Crippen LogP contribution in [-0.2, 0) is 11.0 Å². The third kappa shape index (κ3) is 5.63. The number of alkyl halides is 3. The largest absolute Gasteiger partial charge is 0.416 e. The lowest BCUT2D eigenvalue weighted by molar-refractivity contribution is -0.137. The van der Waals surface area contributed by atoms with Crippen LogP contribution in [0.4, 0.5) is 18.9 Å². The number of benzene rings is 2. The van der Waals surface area contributed by atoms with E-state index in [9.17, 15) is 18.0 Å². The fraction of sp³-hybridized carbons (Fsp3) is 0.182. The van der Waals surface area contributed by atoms with E-state index >= 15 is 0 Å². The molecule has 0 atom stereocenters. The van der Waals surface area contributed by atoms with Crippen molar-refractivity contribution in [3.8, 4) is 5.69 Å². The minimum atomic E-state index is -4.45. The maximum Gasteiger partial charge on any atom is 0.416 e. The summed E-state index contributed by atoms with van der Waals surface area (Å²) >= 11 is 12.4. The minimum absolute atomic E-state index is 0.181. The SMILES string of the molecule is Cc1cc(/C=N\NC(=O)CNc2cccc(C(F)(F)F)c2)c(C)n1-c1cc(Cl)ccc1Cl. The predicted molar refractivity (Wildman–Crippen MR) is 121 cm³/mol. The van der Waals surface area contributed by atoms with Crippen molar-refractivity contribution in [2.24, 2.45) is 5.10 Å². The maximum absolute atomic E-state index is 12.8. The monoisotopic (exact) mass is 482 g/mol. The minimum Gasteiger partial charge on any atom is -0.376 e. The molecule has 1 aromatic heterocycles. The number of carbonyl (C=O) groups excluding carboxylic acids is 1. The molecule has 0 aliphatic rings. The third-order valence-electron chi connectivity index (χ3n) is 4.66. The summed E-state index contributed by atoms with van der Waals surface area (Å²) in [6.45, 7) is 3.54. The van der Waals surface area contributed by atoms with Crippen LogP contribution in [0, 0.1) is 13.8 Å². The average molecular weight is 483 g/mol. The molecule has 0 unspecified atom stereocenters. The van der Waals surface area contributed by atoms with E-state index in [0.29, 0.717) is 10.0 Å². The maximum atomic E-state index is 12.8. The molecule has 1 amide bonds. The fourth-order valence-electron chi connectivity index (χ4n) is 3.15. The third-order valence-corrected chi connectivity index (χ3v) is 5.21. The lowest BCUT2D eigenvalue weighted by Gasteiger charge is -2.12. The molecular formula is C22H19Cl2F3N4O. The summed E-state index contributed by atoms with van der Waals surface area (Å²) in [7, 11) is 0. The van der Waals surface area contributed by atoms with Gasteiger partial charge in [-0.1, -0.05) is 29.3 Å². The normalized spacial score (nSPS) is 11.7. The average Bonchev–Trinajstić information content (AvgIpc) is 3.01. The number of rotatable bonds is 6. The van der Waals surface area contributed by atoms with E-state index in [0.717, 1.165) is 34.8 Å². The zero-order chi connectivity index (χ0) is 23.5. The number of nitrogens with one attached hydrogen (secondary N) is 2. The Labute approximate surface area is 192 Å². The number of anilines is 1. The van der Waals surface area contributed by atoms with E-state index in [2.05, 4.69) is 15.8 Å². The highest BCUT2D eigenvalue weighted by atomic mass is 35.5. The first-order valence-corrected chi connectivity index (χ1v) is 10.2. The predicted octanol–water partition coefficient (Wildman–Crippen LogP) is 5.98. The zero-order valence-electron chi connectivity index (χ0n) is 17.1. The number of aromatic nitrogens is 1. The van der Waals surface area contributed by atoms with Gasteiger partial charge in [-0.3, -0.25) is 4.79 Å². The van der Waals surface area contributed by atoms with Gasteiger partial charge in [0.15, 0.2) is 0 Å². The van der Waals surface area contributed by atoms with Crippen molar-refractivity contribution < 1.29 is 18.0 Å². The zero-order valence-corrected chi connectivity index (χ0v) is 18.6. The molecule has 0 aliphatic carbocycles. The number of hydrogen-bond acceptors (Lipinski definition) is 3. The Balaban J connectivity index is 1.64. The van der Waals surface area contributed by atoms with E-state index in [1.807, 2.05) is 24.5 Å². The van der Waals surface area contributed by atoms with Crippen LogP contribution in [-0.4, -0.2) is 23.2 Å². The van der Waals surface area contributed by atoms with Crippen molar-refractivity contribution in [1.29, 1.82) is 0 Å². The molecular weight excluding hydrogens is 464 g/mol.